The van der Waals surface area contributed by atoms with Gasteiger partial charge in [-0.2, -0.15) is 0 Å². The highest BCUT2D eigenvalue weighted by Crippen LogP contribution is 2.33. The van der Waals surface area contributed by atoms with Gasteiger partial charge in [-0.3, -0.25) is 4.72 Å². The summed E-state index contributed by atoms with van der Waals surface area (Å²) in [7, 11) is -3.99. The van der Waals surface area contributed by atoms with Crippen molar-refractivity contribution >= 4 is 80.9 Å². The summed E-state index contributed by atoms with van der Waals surface area (Å²) < 4.78 is 27.6. The molecule has 12 heteroatoms. The van der Waals surface area contributed by atoms with Gasteiger partial charge in [0.25, 0.3) is 10.0 Å². The van der Waals surface area contributed by atoms with E-state index in [0.29, 0.717) is 4.60 Å². The van der Waals surface area contributed by atoms with Crippen molar-refractivity contribution in [1.29, 1.82) is 0 Å². The number of rotatable bonds is 4. The highest BCUT2D eigenvalue weighted by molar-refractivity contribution is 9.11. The molecule has 2 N–H and O–H groups in total. The van der Waals surface area contributed by atoms with Crippen LogP contribution in [-0.4, -0.2) is 29.5 Å². The van der Waals surface area contributed by atoms with E-state index in [1.807, 2.05) is 0 Å². The molecule has 0 radical (unpaired) electrons. The second kappa shape index (κ2) is 6.28. The monoisotopic (exact) mass is 519 g/mol. The molecule has 0 saturated carbocycles. The van der Waals surface area contributed by atoms with Gasteiger partial charge >= 0.3 is 5.97 Å². The summed E-state index contributed by atoms with van der Waals surface area (Å²) in [5.41, 5.74) is 0. The van der Waals surface area contributed by atoms with Gasteiger partial charge in [-0.1, -0.05) is 0 Å². The number of sulfonamides is 1. The summed E-state index contributed by atoms with van der Waals surface area (Å²) in [5, 5.41) is 8.89. The average molecular weight is 522 g/mol. The van der Waals surface area contributed by atoms with Crippen molar-refractivity contribution in [2.24, 2.45) is 0 Å². The van der Waals surface area contributed by atoms with Crippen molar-refractivity contribution in [2.45, 2.75) is 4.90 Å². The maximum Gasteiger partial charge on any atom is 0.345 e. The standard InChI is InChI=1S/C9H4Br3N3O4S2/c10-5-2-13-8(6(11)14-5)15-21(18,19)4-1-3(9(16)17)20-7(4)12/h1-2H,(H,13,15)(H,16,17). The number of hydrogen-bond acceptors (Lipinski definition) is 6. The van der Waals surface area contributed by atoms with Crippen LogP contribution in [0, 0.1) is 0 Å². The zero-order chi connectivity index (χ0) is 15.8. The van der Waals surface area contributed by atoms with E-state index in [4.69, 9.17) is 5.11 Å². The van der Waals surface area contributed by atoms with Gasteiger partial charge in [0.2, 0.25) is 0 Å². The van der Waals surface area contributed by atoms with E-state index in [0.717, 1.165) is 17.4 Å². The van der Waals surface area contributed by atoms with E-state index in [2.05, 4.69) is 62.5 Å². The minimum Gasteiger partial charge on any atom is -0.477 e. The molecule has 2 aromatic rings. The summed E-state index contributed by atoms with van der Waals surface area (Å²) >= 11 is 10.0. The van der Waals surface area contributed by atoms with E-state index < -0.39 is 16.0 Å². The number of carboxylic acids is 1. The van der Waals surface area contributed by atoms with Gasteiger partial charge in [0, 0.05) is 0 Å². The fourth-order valence-corrected chi connectivity index (χ4v) is 5.70. The summed E-state index contributed by atoms with van der Waals surface area (Å²) in [6.45, 7) is 0. The molecule has 0 aliphatic heterocycles. The van der Waals surface area contributed by atoms with Crippen LogP contribution in [0.4, 0.5) is 5.82 Å². The number of anilines is 1. The topological polar surface area (TPSA) is 109 Å². The molecule has 0 bridgehead atoms. The number of nitrogens with zero attached hydrogens (tertiary/aromatic N) is 2. The van der Waals surface area contributed by atoms with E-state index in [1.54, 1.807) is 0 Å². The third-order valence-corrected chi connectivity index (χ3v) is 6.60. The first-order valence-corrected chi connectivity index (χ1v) is 9.62. The smallest absolute Gasteiger partial charge is 0.345 e. The second-order valence-corrected chi connectivity index (χ2v) is 9.08. The van der Waals surface area contributed by atoms with Crippen molar-refractivity contribution in [3.05, 3.63) is 30.1 Å². The Kier molecular flexibility index (Phi) is 5.03. The Bertz CT molecular complexity index is 822. The molecule has 112 valence electrons. The Labute approximate surface area is 148 Å². The number of halogens is 3. The number of nitrogens with one attached hydrogen (secondary N) is 1. The summed E-state index contributed by atoms with van der Waals surface area (Å²) in [4.78, 5) is 18.4. The van der Waals surface area contributed by atoms with E-state index in [1.165, 1.54) is 6.20 Å². The van der Waals surface area contributed by atoms with Crippen molar-refractivity contribution < 1.29 is 18.3 Å². The normalized spacial score (nSPS) is 11.4. The van der Waals surface area contributed by atoms with Gasteiger partial charge in [-0.05, 0) is 53.9 Å². The average Bonchev–Trinajstić information content (AvgIpc) is 2.76. The molecule has 2 heterocycles. The number of aromatic nitrogens is 2. The molecule has 0 spiro atoms. The molecule has 0 amide bonds. The van der Waals surface area contributed by atoms with Crippen LogP contribution < -0.4 is 4.72 Å². The Morgan fingerprint density at radius 3 is 2.52 bits per heavy atom. The number of hydrogen-bond donors (Lipinski definition) is 2. The van der Waals surface area contributed by atoms with Crippen LogP contribution in [0.25, 0.3) is 0 Å². The Morgan fingerprint density at radius 2 is 2.00 bits per heavy atom. The van der Waals surface area contributed by atoms with Crippen LogP contribution >= 0.6 is 59.1 Å². The van der Waals surface area contributed by atoms with Gasteiger partial charge in [-0.15, -0.1) is 11.3 Å². The van der Waals surface area contributed by atoms with Gasteiger partial charge in [-0.25, -0.2) is 23.2 Å². The molecule has 0 aliphatic rings. The molecule has 0 unspecified atom stereocenters. The maximum atomic E-state index is 12.3. The predicted octanol–water partition coefficient (Wildman–Crippen LogP) is 3.32. The van der Waals surface area contributed by atoms with Gasteiger partial charge in [0.1, 0.15) is 14.4 Å². The quantitative estimate of drug-likeness (QED) is 0.639. The zero-order valence-corrected chi connectivity index (χ0v) is 16.1. The summed E-state index contributed by atoms with van der Waals surface area (Å²) in [6.07, 6.45) is 1.33. The fourth-order valence-electron chi connectivity index (χ4n) is 1.24. The molecule has 0 atom stereocenters. The van der Waals surface area contributed by atoms with Crippen molar-refractivity contribution in [2.75, 3.05) is 4.72 Å². The maximum absolute atomic E-state index is 12.3. The van der Waals surface area contributed by atoms with Crippen LogP contribution in [-0.2, 0) is 10.0 Å². The molecule has 0 aromatic carbocycles. The van der Waals surface area contributed by atoms with E-state index in [-0.39, 0.29) is 24.0 Å². The first-order valence-electron chi connectivity index (χ1n) is 4.94. The van der Waals surface area contributed by atoms with Gasteiger partial charge in [0.05, 0.1) is 9.98 Å². The molecular weight excluding hydrogens is 518 g/mol. The lowest BCUT2D eigenvalue weighted by Gasteiger charge is -2.07. The highest BCUT2D eigenvalue weighted by Gasteiger charge is 2.24. The lowest BCUT2D eigenvalue weighted by molar-refractivity contribution is 0.0702. The largest absolute Gasteiger partial charge is 0.477 e. The van der Waals surface area contributed by atoms with E-state index >= 15 is 0 Å². The number of carbonyl (C=O) groups is 1. The number of aromatic carboxylic acids is 1. The fraction of sp³-hybridized carbons (Fsp3) is 0. The zero-order valence-electron chi connectivity index (χ0n) is 9.67. The molecule has 21 heavy (non-hydrogen) atoms. The minimum absolute atomic E-state index is 0.00632. The van der Waals surface area contributed by atoms with Crippen molar-refractivity contribution in [3.8, 4) is 0 Å². The summed E-state index contributed by atoms with van der Waals surface area (Å²) in [5.74, 6) is -1.21. The van der Waals surface area contributed by atoms with Gasteiger partial charge < -0.3 is 5.11 Å². The summed E-state index contributed by atoms with van der Waals surface area (Å²) in [6, 6.07) is 1.07. The number of thiophene rings is 1. The predicted molar refractivity (Wildman–Crippen MR) is 87.2 cm³/mol. The van der Waals surface area contributed by atoms with Gasteiger partial charge in [0.15, 0.2) is 10.4 Å². The second-order valence-electron chi connectivity index (χ2n) is 3.49. The first-order chi connectivity index (χ1) is 9.70. The Morgan fingerprint density at radius 1 is 1.33 bits per heavy atom. The number of carboxylic acid groups (broad SMARTS) is 1. The third kappa shape index (κ3) is 3.80. The molecule has 2 aromatic heterocycles. The minimum atomic E-state index is -3.99. The van der Waals surface area contributed by atoms with Crippen LogP contribution in [0.15, 0.2) is 30.2 Å². The molecule has 0 fully saturated rings. The lowest BCUT2D eigenvalue weighted by atomic mass is 10.5. The molecule has 0 aliphatic carbocycles. The Balaban J connectivity index is 2.41. The highest BCUT2D eigenvalue weighted by atomic mass is 79.9. The van der Waals surface area contributed by atoms with Crippen LogP contribution in [0.1, 0.15) is 9.67 Å². The van der Waals surface area contributed by atoms with Crippen LogP contribution in [0.2, 0.25) is 0 Å². The van der Waals surface area contributed by atoms with Crippen LogP contribution in [0.3, 0.4) is 0 Å². The Hall–Kier alpha value is -0.560. The van der Waals surface area contributed by atoms with Crippen molar-refractivity contribution in [3.63, 3.8) is 0 Å². The molecule has 2 rings (SSSR count). The molecular formula is C9H4Br3N3O4S2. The van der Waals surface area contributed by atoms with Crippen molar-refractivity contribution in [1.82, 2.24) is 9.97 Å². The lowest BCUT2D eigenvalue weighted by Crippen LogP contribution is -2.14. The molecule has 0 saturated heterocycles. The first kappa shape index (κ1) is 16.8. The SMILES string of the molecule is O=C(O)c1cc(S(=O)(=O)Nc2ncc(Br)nc2Br)c(Br)s1. The third-order valence-electron chi connectivity index (χ3n) is 2.09. The van der Waals surface area contributed by atoms with E-state index in [9.17, 15) is 13.2 Å². The molecule has 7 nitrogen and oxygen atoms in total. The van der Waals surface area contributed by atoms with Crippen LogP contribution in [0.5, 0.6) is 0 Å².